The van der Waals surface area contributed by atoms with Crippen LogP contribution in [0.3, 0.4) is 0 Å². The van der Waals surface area contributed by atoms with E-state index < -0.39 is 0 Å². The maximum Gasteiger partial charge on any atom is 0.191 e. The van der Waals surface area contributed by atoms with E-state index in [-0.39, 0.29) is 5.82 Å². The van der Waals surface area contributed by atoms with E-state index in [1.54, 1.807) is 18.5 Å². The molecule has 2 N–H and O–H groups in total. The summed E-state index contributed by atoms with van der Waals surface area (Å²) in [5.41, 5.74) is 1.01. The molecule has 0 bridgehead atoms. The summed E-state index contributed by atoms with van der Waals surface area (Å²) in [6.07, 6.45) is 5.27. The highest BCUT2D eigenvalue weighted by molar-refractivity contribution is 5.80. The molecule has 0 spiro atoms. The van der Waals surface area contributed by atoms with Gasteiger partial charge in [0, 0.05) is 25.6 Å². The van der Waals surface area contributed by atoms with E-state index in [0.29, 0.717) is 12.6 Å². The van der Waals surface area contributed by atoms with Crippen molar-refractivity contribution in [3.05, 3.63) is 47.8 Å². The Bertz CT molecular complexity index is 711. The summed E-state index contributed by atoms with van der Waals surface area (Å²) in [6.45, 7) is 4.38. The van der Waals surface area contributed by atoms with Crippen molar-refractivity contribution in [3.8, 4) is 0 Å². The summed E-state index contributed by atoms with van der Waals surface area (Å²) >= 11 is 0. The Morgan fingerprint density at radius 3 is 3.20 bits per heavy atom. The molecule has 1 atom stereocenters. The van der Waals surface area contributed by atoms with Gasteiger partial charge in [0.15, 0.2) is 5.96 Å². The molecule has 2 aromatic rings. The van der Waals surface area contributed by atoms with E-state index in [0.717, 1.165) is 56.1 Å². The highest BCUT2D eigenvalue weighted by Crippen LogP contribution is 2.11. The molecule has 0 aliphatic carbocycles. The summed E-state index contributed by atoms with van der Waals surface area (Å²) in [6, 6.07) is 7.06. The molecular weight excluding hydrogens is 319 g/mol. The zero-order valence-corrected chi connectivity index (χ0v) is 14.6. The van der Waals surface area contributed by atoms with Crippen LogP contribution in [0.15, 0.2) is 35.6 Å². The minimum Gasteiger partial charge on any atom is -0.357 e. The van der Waals surface area contributed by atoms with E-state index in [9.17, 15) is 4.39 Å². The van der Waals surface area contributed by atoms with E-state index >= 15 is 0 Å². The van der Waals surface area contributed by atoms with Crippen molar-refractivity contribution >= 4 is 5.96 Å². The average Bonchev–Trinajstić information content (AvgIpc) is 3.06. The van der Waals surface area contributed by atoms with Crippen molar-refractivity contribution in [1.29, 1.82) is 0 Å². The molecule has 6 nitrogen and oxygen atoms in total. The fourth-order valence-electron chi connectivity index (χ4n) is 3.04. The molecule has 0 saturated carbocycles. The summed E-state index contributed by atoms with van der Waals surface area (Å²) in [4.78, 5) is 8.90. The second-order valence-electron chi connectivity index (χ2n) is 6.23. The summed E-state index contributed by atoms with van der Waals surface area (Å²) < 4.78 is 15.1. The Hall–Kier alpha value is -2.44. The Kier molecular flexibility index (Phi) is 5.98. The zero-order chi connectivity index (χ0) is 17.5. The van der Waals surface area contributed by atoms with Crippen LogP contribution in [0.2, 0.25) is 0 Å². The molecule has 1 unspecified atom stereocenters. The molecule has 1 aliphatic rings. The number of hydrogen-bond acceptors (Lipinski definition) is 3. The number of guanidine groups is 1. The maximum atomic E-state index is 13.2. The molecule has 1 aromatic carbocycles. The van der Waals surface area contributed by atoms with E-state index in [2.05, 4.69) is 32.6 Å². The molecular formula is C18H25FN6. The van der Waals surface area contributed by atoms with E-state index in [4.69, 9.17) is 0 Å². The molecule has 0 radical (unpaired) electrons. The first-order valence-corrected chi connectivity index (χ1v) is 8.90. The van der Waals surface area contributed by atoms with Crippen molar-refractivity contribution in [2.45, 2.75) is 45.2 Å². The molecule has 0 fully saturated rings. The molecule has 134 valence electrons. The number of nitrogens with zero attached hydrogens (tertiary/aromatic N) is 4. The lowest BCUT2D eigenvalue weighted by Gasteiger charge is -2.25. The Morgan fingerprint density at radius 1 is 1.44 bits per heavy atom. The third-order valence-corrected chi connectivity index (χ3v) is 4.27. The van der Waals surface area contributed by atoms with Gasteiger partial charge in [-0.25, -0.2) is 14.1 Å². The van der Waals surface area contributed by atoms with Gasteiger partial charge in [-0.15, -0.1) is 0 Å². The van der Waals surface area contributed by atoms with Gasteiger partial charge in [0.25, 0.3) is 0 Å². The van der Waals surface area contributed by atoms with Crippen LogP contribution in [0.25, 0.3) is 0 Å². The minimum atomic E-state index is -0.180. The van der Waals surface area contributed by atoms with E-state index in [1.165, 1.54) is 6.07 Å². The van der Waals surface area contributed by atoms with Crippen molar-refractivity contribution < 1.29 is 4.39 Å². The lowest BCUT2D eigenvalue weighted by Crippen LogP contribution is -2.47. The molecule has 1 aliphatic heterocycles. The van der Waals surface area contributed by atoms with Crippen LogP contribution >= 0.6 is 0 Å². The Balaban J connectivity index is 1.49. The number of aromatic nitrogens is 3. The lowest BCUT2D eigenvalue weighted by atomic mass is 10.1. The van der Waals surface area contributed by atoms with Gasteiger partial charge in [-0.1, -0.05) is 12.1 Å². The quantitative estimate of drug-likeness (QED) is 0.477. The van der Waals surface area contributed by atoms with Crippen LogP contribution in [0.1, 0.15) is 31.2 Å². The number of aryl methyl sites for hydroxylation is 2. The van der Waals surface area contributed by atoms with Crippen LogP contribution in [-0.4, -0.2) is 39.9 Å². The van der Waals surface area contributed by atoms with Gasteiger partial charge in [0.1, 0.15) is 18.0 Å². The minimum absolute atomic E-state index is 0.180. The molecule has 0 amide bonds. The predicted octanol–water partition coefficient (Wildman–Crippen LogP) is 1.92. The number of aliphatic imine (C=N–C) groups is 1. The lowest BCUT2D eigenvalue weighted by molar-refractivity contribution is 0.392. The van der Waals surface area contributed by atoms with Gasteiger partial charge in [-0.3, -0.25) is 4.99 Å². The number of hydrogen-bond donors (Lipinski definition) is 2. The summed E-state index contributed by atoms with van der Waals surface area (Å²) in [7, 11) is 0. The van der Waals surface area contributed by atoms with Gasteiger partial charge >= 0.3 is 0 Å². The van der Waals surface area contributed by atoms with Crippen molar-refractivity contribution in [1.82, 2.24) is 25.4 Å². The Morgan fingerprint density at radius 2 is 2.36 bits per heavy atom. The molecule has 1 aromatic heterocycles. The number of fused-ring (bicyclic) bond motifs is 1. The largest absolute Gasteiger partial charge is 0.357 e. The number of rotatable bonds is 6. The zero-order valence-electron chi connectivity index (χ0n) is 14.6. The van der Waals surface area contributed by atoms with Crippen molar-refractivity contribution in [2.75, 3.05) is 13.1 Å². The molecule has 0 saturated heterocycles. The first-order valence-electron chi connectivity index (χ1n) is 8.90. The van der Waals surface area contributed by atoms with Crippen LogP contribution in [0.5, 0.6) is 0 Å². The fourth-order valence-corrected chi connectivity index (χ4v) is 3.04. The third kappa shape index (κ3) is 5.01. The molecule has 3 rings (SSSR count). The summed E-state index contributed by atoms with van der Waals surface area (Å²) in [5.74, 6) is 1.70. The van der Waals surface area contributed by atoms with Crippen molar-refractivity contribution in [2.24, 2.45) is 4.99 Å². The normalized spacial score (nSPS) is 17.2. The first-order chi connectivity index (χ1) is 12.2. The van der Waals surface area contributed by atoms with Gasteiger partial charge in [0.05, 0.1) is 6.54 Å². The fraction of sp³-hybridized carbons (Fsp3) is 0.500. The average molecular weight is 344 g/mol. The topological polar surface area (TPSA) is 67.1 Å². The number of benzene rings is 1. The van der Waals surface area contributed by atoms with Crippen LogP contribution in [0.4, 0.5) is 4.39 Å². The number of nitrogens with one attached hydrogen (secondary N) is 2. The first kappa shape index (κ1) is 17.4. The second-order valence-corrected chi connectivity index (χ2v) is 6.23. The molecule has 7 heteroatoms. The third-order valence-electron chi connectivity index (χ3n) is 4.27. The van der Waals surface area contributed by atoms with Crippen LogP contribution in [-0.2, 0) is 19.4 Å². The van der Waals surface area contributed by atoms with Gasteiger partial charge in [-0.05, 0) is 43.9 Å². The monoisotopic (exact) mass is 344 g/mol. The maximum absolute atomic E-state index is 13.2. The predicted molar refractivity (Wildman–Crippen MR) is 96.0 cm³/mol. The van der Waals surface area contributed by atoms with Gasteiger partial charge in [-0.2, -0.15) is 5.10 Å². The number of halogens is 1. The highest BCUT2D eigenvalue weighted by Gasteiger charge is 2.20. The van der Waals surface area contributed by atoms with E-state index in [1.807, 2.05) is 10.7 Å². The summed E-state index contributed by atoms with van der Waals surface area (Å²) in [5, 5.41) is 11.0. The Labute approximate surface area is 147 Å². The highest BCUT2D eigenvalue weighted by atomic mass is 19.1. The van der Waals surface area contributed by atoms with Crippen LogP contribution in [0, 0.1) is 5.82 Å². The molecule has 25 heavy (non-hydrogen) atoms. The molecule has 2 heterocycles. The SMILES string of the molecule is CCNC(=NCCCc1cccc(F)c1)NC1CCc2ncnn2C1. The smallest absolute Gasteiger partial charge is 0.191 e. The van der Waals surface area contributed by atoms with Crippen LogP contribution < -0.4 is 10.6 Å². The van der Waals surface area contributed by atoms with Crippen molar-refractivity contribution in [3.63, 3.8) is 0 Å². The standard InChI is InChI=1S/C18H25FN6/c1-2-20-18(21-10-4-6-14-5-3-7-15(19)11-14)24-16-8-9-17-22-13-23-25(17)12-16/h3,5,7,11,13,16H,2,4,6,8-10,12H2,1H3,(H2,20,21,24). The second kappa shape index (κ2) is 8.60. The van der Waals surface area contributed by atoms with Gasteiger partial charge < -0.3 is 10.6 Å². The van der Waals surface area contributed by atoms with Gasteiger partial charge in [0.2, 0.25) is 0 Å².